The van der Waals surface area contributed by atoms with Crippen molar-refractivity contribution in [2.75, 3.05) is 18.5 Å². The van der Waals surface area contributed by atoms with E-state index in [4.69, 9.17) is 4.74 Å². The van der Waals surface area contributed by atoms with Crippen LogP contribution in [0.4, 0.5) is 5.82 Å². The predicted octanol–water partition coefficient (Wildman–Crippen LogP) is 3.32. The summed E-state index contributed by atoms with van der Waals surface area (Å²) in [6, 6.07) is 4.17. The molecule has 16 heavy (non-hydrogen) atoms. The molecular weight excluding hydrogens is 268 g/mol. The molecule has 1 unspecified atom stereocenters. The zero-order valence-corrected chi connectivity index (χ0v) is 11.6. The highest BCUT2D eigenvalue weighted by Crippen LogP contribution is 2.20. The van der Waals surface area contributed by atoms with Crippen LogP contribution in [0.2, 0.25) is 0 Å². The first-order chi connectivity index (χ1) is 7.65. The van der Waals surface area contributed by atoms with Crippen LogP contribution in [0, 0.1) is 5.92 Å². The van der Waals surface area contributed by atoms with Crippen molar-refractivity contribution in [3.05, 3.63) is 22.8 Å². The lowest BCUT2D eigenvalue weighted by molar-refractivity contribution is 0.126. The summed E-state index contributed by atoms with van der Waals surface area (Å²) in [5, 5.41) is 3.40. The number of nitrogens with zero attached hydrogens (tertiary/aromatic N) is 1. The molecule has 1 heterocycles. The van der Waals surface area contributed by atoms with Crippen LogP contribution < -0.4 is 5.32 Å². The molecule has 90 valence electrons. The molecule has 0 spiro atoms. The molecule has 1 atom stereocenters. The maximum Gasteiger partial charge on any atom is 0.140 e. The van der Waals surface area contributed by atoms with Gasteiger partial charge in [0.25, 0.3) is 0 Å². The topological polar surface area (TPSA) is 34.1 Å². The van der Waals surface area contributed by atoms with E-state index in [2.05, 4.69) is 40.1 Å². The normalized spacial score (nSPS) is 12.8. The summed E-state index contributed by atoms with van der Waals surface area (Å²) in [6.07, 6.45) is 1.78. The molecule has 0 aliphatic carbocycles. The maximum absolute atomic E-state index is 5.46. The smallest absolute Gasteiger partial charge is 0.140 e. The number of hydrogen-bond acceptors (Lipinski definition) is 3. The molecule has 0 radical (unpaired) electrons. The van der Waals surface area contributed by atoms with Crippen LogP contribution in [0.5, 0.6) is 0 Å². The highest BCUT2D eigenvalue weighted by molar-refractivity contribution is 9.10. The molecule has 0 saturated heterocycles. The molecule has 3 nitrogen and oxygen atoms in total. The summed E-state index contributed by atoms with van der Waals surface area (Å²) >= 11 is 3.48. The third-order valence-corrected chi connectivity index (χ3v) is 3.03. The Bertz CT molecular complexity index is 318. The third kappa shape index (κ3) is 4.10. The monoisotopic (exact) mass is 286 g/mol. The van der Waals surface area contributed by atoms with Gasteiger partial charge < -0.3 is 10.1 Å². The van der Waals surface area contributed by atoms with Crippen LogP contribution in [-0.2, 0) is 4.74 Å². The molecule has 1 rings (SSSR count). The number of rotatable bonds is 6. The number of ether oxygens (including phenoxy) is 1. The first-order valence-electron chi connectivity index (χ1n) is 5.60. The Hall–Kier alpha value is -0.610. The number of hydrogen-bond donors (Lipinski definition) is 1. The number of nitrogens with one attached hydrogen (secondary N) is 1. The molecule has 0 saturated carbocycles. The van der Waals surface area contributed by atoms with Gasteiger partial charge in [0.2, 0.25) is 0 Å². The van der Waals surface area contributed by atoms with Gasteiger partial charge in [-0.15, -0.1) is 0 Å². The van der Waals surface area contributed by atoms with E-state index in [1.165, 1.54) is 0 Å². The fourth-order valence-corrected chi connectivity index (χ4v) is 1.68. The fraction of sp³-hybridized carbons (Fsp3) is 0.583. The van der Waals surface area contributed by atoms with E-state index < -0.39 is 0 Å². The van der Waals surface area contributed by atoms with Crippen molar-refractivity contribution < 1.29 is 4.74 Å². The van der Waals surface area contributed by atoms with Crippen LogP contribution >= 0.6 is 15.9 Å². The van der Waals surface area contributed by atoms with Crippen molar-refractivity contribution in [3.63, 3.8) is 0 Å². The second-order valence-corrected chi connectivity index (χ2v) is 4.84. The molecule has 0 aliphatic rings. The largest absolute Gasteiger partial charge is 0.380 e. The minimum absolute atomic E-state index is 0.283. The van der Waals surface area contributed by atoms with E-state index in [0.29, 0.717) is 12.5 Å². The number of aromatic nitrogens is 1. The van der Waals surface area contributed by atoms with Crippen LogP contribution in [0.1, 0.15) is 20.8 Å². The Morgan fingerprint density at radius 2 is 2.25 bits per heavy atom. The molecule has 1 aromatic rings. The first kappa shape index (κ1) is 13.5. The molecule has 0 aliphatic heterocycles. The van der Waals surface area contributed by atoms with Crippen LogP contribution in [-0.4, -0.2) is 24.2 Å². The quantitative estimate of drug-likeness (QED) is 0.871. The van der Waals surface area contributed by atoms with E-state index in [0.717, 1.165) is 16.9 Å². The van der Waals surface area contributed by atoms with Crippen molar-refractivity contribution in [3.8, 4) is 0 Å². The summed E-state index contributed by atoms with van der Waals surface area (Å²) in [5.41, 5.74) is 0. The minimum Gasteiger partial charge on any atom is -0.380 e. The van der Waals surface area contributed by atoms with Crippen LogP contribution in [0.15, 0.2) is 22.8 Å². The number of pyridine rings is 1. The Kier molecular flexibility index (Phi) is 5.77. The molecule has 0 fully saturated rings. The molecule has 0 amide bonds. The average molecular weight is 287 g/mol. The van der Waals surface area contributed by atoms with Gasteiger partial charge in [-0.2, -0.15) is 0 Å². The van der Waals surface area contributed by atoms with Gasteiger partial charge >= 0.3 is 0 Å². The first-order valence-corrected chi connectivity index (χ1v) is 6.39. The average Bonchev–Trinajstić information content (AvgIpc) is 2.26. The fourth-order valence-electron chi connectivity index (χ4n) is 1.31. The zero-order valence-electron chi connectivity index (χ0n) is 10.0. The third-order valence-electron chi connectivity index (χ3n) is 2.39. The van der Waals surface area contributed by atoms with Gasteiger partial charge in [-0.1, -0.05) is 13.8 Å². The number of anilines is 1. The van der Waals surface area contributed by atoms with Crippen molar-refractivity contribution in [1.29, 1.82) is 0 Å². The van der Waals surface area contributed by atoms with Gasteiger partial charge in [-0.3, -0.25) is 0 Å². The van der Waals surface area contributed by atoms with Gasteiger partial charge in [0, 0.05) is 12.8 Å². The molecule has 4 heteroatoms. The van der Waals surface area contributed by atoms with E-state index in [1.807, 2.05) is 19.1 Å². The van der Waals surface area contributed by atoms with E-state index in [1.54, 1.807) is 6.20 Å². The van der Waals surface area contributed by atoms with E-state index in [9.17, 15) is 0 Å². The lowest BCUT2D eigenvalue weighted by Gasteiger charge is -2.23. The van der Waals surface area contributed by atoms with Gasteiger partial charge in [0.05, 0.1) is 17.1 Å². The Labute approximate surface area is 106 Å². The summed E-state index contributed by atoms with van der Waals surface area (Å²) in [7, 11) is 0. The lowest BCUT2D eigenvalue weighted by Crippen LogP contribution is -2.31. The van der Waals surface area contributed by atoms with Gasteiger partial charge in [0.15, 0.2) is 0 Å². The van der Waals surface area contributed by atoms with Crippen LogP contribution in [0.25, 0.3) is 0 Å². The number of halogens is 1. The maximum atomic E-state index is 5.46. The summed E-state index contributed by atoms with van der Waals surface area (Å²) in [6.45, 7) is 7.81. The van der Waals surface area contributed by atoms with Gasteiger partial charge in [0.1, 0.15) is 5.82 Å². The highest BCUT2D eigenvalue weighted by atomic mass is 79.9. The molecule has 1 aromatic heterocycles. The van der Waals surface area contributed by atoms with Gasteiger partial charge in [-0.25, -0.2) is 4.98 Å². The summed E-state index contributed by atoms with van der Waals surface area (Å²) < 4.78 is 6.45. The van der Waals surface area contributed by atoms with E-state index >= 15 is 0 Å². The Morgan fingerprint density at radius 1 is 1.50 bits per heavy atom. The summed E-state index contributed by atoms with van der Waals surface area (Å²) in [4.78, 5) is 4.30. The Balaban J connectivity index is 2.64. The lowest BCUT2D eigenvalue weighted by atomic mass is 10.1. The van der Waals surface area contributed by atoms with Crippen molar-refractivity contribution in [1.82, 2.24) is 4.98 Å². The van der Waals surface area contributed by atoms with Crippen molar-refractivity contribution in [2.45, 2.75) is 26.8 Å². The molecule has 1 N–H and O–H groups in total. The molecular formula is C12H19BrN2O. The van der Waals surface area contributed by atoms with E-state index in [-0.39, 0.29) is 6.04 Å². The second kappa shape index (κ2) is 6.86. The van der Waals surface area contributed by atoms with Gasteiger partial charge in [-0.05, 0) is 40.9 Å². The van der Waals surface area contributed by atoms with Crippen molar-refractivity contribution >= 4 is 21.7 Å². The SMILES string of the molecule is CCOCC(Nc1ncccc1Br)C(C)C. The van der Waals surface area contributed by atoms with Crippen LogP contribution in [0.3, 0.4) is 0 Å². The predicted molar refractivity (Wildman–Crippen MR) is 70.7 cm³/mol. The zero-order chi connectivity index (χ0) is 12.0. The summed E-state index contributed by atoms with van der Waals surface area (Å²) in [5.74, 6) is 1.38. The van der Waals surface area contributed by atoms with Crippen molar-refractivity contribution in [2.24, 2.45) is 5.92 Å². The molecule has 0 aromatic carbocycles. The Morgan fingerprint density at radius 3 is 2.81 bits per heavy atom. The minimum atomic E-state index is 0.283. The molecule has 0 bridgehead atoms. The second-order valence-electron chi connectivity index (χ2n) is 3.99. The highest BCUT2D eigenvalue weighted by Gasteiger charge is 2.14. The standard InChI is InChI=1S/C12H19BrN2O/c1-4-16-8-11(9(2)3)15-12-10(13)6-5-7-14-12/h5-7,9,11H,4,8H2,1-3H3,(H,14,15).